The van der Waals surface area contributed by atoms with Gasteiger partial charge in [0.05, 0.1) is 12.7 Å². The molecule has 0 aliphatic carbocycles. The van der Waals surface area contributed by atoms with E-state index in [1.807, 2.05) is 30.7 Å². The summed E-state index contributed by atoms with van der Waals surface area (Å²) in [4.78, 5) is 13.4. The third-order valence-corrected chi connectivity index (χ3v) is 2.91. The van der Waals surface area contributed by atoms with E-state index >= 15 is 0 Å². The van der Waals surface area contributed by atoms with E-state index in [0.29, 0.717) is 6.54 Å². The van der Waals surface area contributed by atoms with Gasteiger partial charge >= 0.3 is 0 Å². The number of nitrogen functional groups attached to an aromatic ring is 1. The van der Waals surface area contributed by atoms with E-state index < -0.39 is 5.91 Å². The Morgan fingerprint density at radius 3 is 2.85 bits per heavy atom. The number of amides is 1. The van der Waals surface area contributed by atoms with Gasteiger partial charge in [-0.15, -0.1) is 5.10 Å². The molecule has 0 saturated heterocycles. The highest BCUT2D eigenvalue weighted by molar-refractivity contribution is 5.91. The van der Waals surface area contributed by atoms with Crippen LogP contribution in [0.3, 0.4) is 0 Å². The van der Waals surface area contributed by atoms with Crippen molar-refractivity contribution in [3.8, 4) is 0 Å². The number of carbonyl (C=O) groups excluding carboxylic acids is 1. The molecule has 0 atom stereocenters. The lowest BCUT2D eigenvalue weighted by Gasteiger charge is -2.16. The van der Waals surface area contributed by atoms with Crippen molar-refractivity contribution >= 4 is 5.91 Å². The first-order chi connectivity index (χ1) is 9.69. The number of hydrogen-bond acceptors (Lipinski definition) is 5. The molecule has 1 aromatic heterocycles. The van der Waals surface area contributed by atoms with Crippen molar-refractivity contribution in [3.05, 3.63) is 47.8 Å². The van der Waals surface area contributed by atoms with Crippen molar-refractivity contribution in [2.24, 2.45) is 5.84 Å². The minimum atomic E-state index is -0.436. The van der Waals surface area contributed by atoms with Gasteiger partial charge in [0, 0.05) is 13.1 Å². The van der Waals surface area contributed by atoms with E-state index in [1.165, 1.54) is 5.56 Å². The minimum absolute atomic E-state index is 0.221. The van der Waals surface area contributed by atoms with Gasteiger partial charge in [0.15, 0.2) is 5.69 Å². The molecule has 1 aromatic carbocycles. The van der Waals surface area contributed by atoms with Crippen LogP contribution < -0.4 is 11.3 Å². The van der Waals surface area contributed by atoms with Gasteiger partial charge in [-0.3, -0.25) is 14.9 Å². The maximum Gasteiger partial charge on any atom is 0.287 e. The highest BCUT2D eigenvalue weighted by atomic mass is 16.2. The predicted molar refractivity (Wildman–Crippen MR) is 74.5 cm³/mol. The molecule has 0 fully saturated rings. The summed E-state index contributed by atoms with van der Waals surface area (Å²) in [6.07, 6.45) is 1.58. The Hall–Kier alpha value is -2.25. The molecular weight excluding hydrogens is 256 g/mol. The van der Waals surface area contributed by atoms with Crippen molar-refractivity contribution < 1.29 is 4.79 Å². The first kappa shape index (κ1) is 14.2. The number of hydrazine groups is 1. The van der Waals surface area contributed by atoms with Crippen molar-refractivity contribution in [2.45, 2.75) is 13.1 Å². The molecule has 7 nitrogen and oxygen atoms in total. The summed E-state index contributed by atoms with van der Waals surface area (Å²) < 4.78 is 1.63. The van der Waals surface area contributed by atoms with Crippen LogP contribution in [0.25, 0.3) is 0 Å². The van der Waals surface area contributed by atoms with Gasteiger partial charge < -0.3 is 4.90 Å². The average Bonchev–Trinajstić information content (AvgIpc) is 2.94. The van der Waals surface area contributed by atoms with Crippen molar-refractivity contribution in [1.82, 2.24) is 25.3 Å². The number of likely N-dealkylation sites (N-methyl/N-ethyl adjacent to an activating group) is 1. The maximum absolute atomic E-state index is 11.2. The molecule has 1 heterocycles. The maximum atomic E-state index is 11.2. The number of nitrogens with two attached hydrogens (primary N) is 1. The molecule has 0 saturated carbocycles. The summed E-state index contributed by atoms with van der Waals surface area (Å²) in [5.41, 5.74) is 3.51. The molecule has 0 aliphatic heterocycles. The predicted octanol–water partition coefficient (Wildman–Crippen LogP) is 0.0136. The molecule has 7 heteroatoms. The van der Waals surface area contributed by atoms with E-state index in [0.717, 1.165) is 13.1 Å². The Labute approximate surface area is 117 Å². The first-order valence-corrected chi connectivity index (χ1v) is 6.32. The lowest BCUT2D eigenvalue weighted by Crippen LogP contribution is -2.30. The Morgan fingerprint density at radius 2 is 2.15 bits per heavy atom. The van der Waals surface area contributed by atoms with Crippen molar-refractivity contribution in [2.75, 3.05) is 13.6 Å². The third-order valence-electron chi connectivity index (χ3n) is 2.91. The lowest BCUT2D eigenvalue weighted by molar-refractivity contribution is 0.0948. The smallest absolute Gasteiger partial charge is 0.287 e. The Bertz CT molecular complexity index is 553. The number of carbonyl (C=O) groups is 1. The molecule has 3 N–H and O–H groups in total. The number of rotatable bonds is 6. The summed E-state index contributed by atoms with van der Waals surface area (Å²) >= 11 is 0. The van der Waals surface area contributed by atoms with Crippen LogP contribution in [0.4, 0.5) is 0 Å². The molecule has 2 aromatic rings. The monoisotopic (exact) mass is 274 g/mol. The fourth-order valence-electron chi connectivity index (χ4n) is 1.83. The van der Waals surface area contributed by atoms with Gasteiger partial charge in [-0.1, -0.05) is 35.5 Å². The number of nitrogens with zero attached hydrogens (tertiary/aromatic N) is 4. The van der Waals surface area contributed by atoms with E-state index in [2.05, 4.69) is 27.3 Å². The van der Waals surface area contributed by atoms with Crippen LogP contribution in [0.2, 0.25) is 0 Å². The molecular formula is C13H18N6O. The van der Waals surface area contributed by atoms with E-state index in [4.69, 9.17) is 5.84 Å². The average molecular weight is 274 g/mol. The molecule has 0 spiro atoms. The zero-order valence-electron chi connectivity index (χ0n) is 11.4. The molecule has 106 valence electrons. The van der Waals surface area contributed by atoms with Gasteiger partial charge in [0.1, 0.15) is 0 Å². The van der Waals surface area contributed by atoms with Crippen LogP contribution in [-0.2, 0) is 13.1 Å². The normalized spacial score (nSPS) is 10.8. The van der Waals surface area contributed by atoms with Gasteiger partial charge in [0.2, 0.25) is 0 Å². The summed E-state index contributed by atoms with van der Waals surface area (Å²) in [6, 6.07) is 10.2. The molecule has 0 bridgehead atoms. The topological polar surface area (TPSA) is 89.1 Å². The van der Waals surface area contributed by atoms with Crippen molar-refractivity contribution in [3.63, 3.8) is 0 Å². The standard InChI is InChI=1S/C13H18N6O/c1-18(9-11-5-3-2-4-6-11)7-8-19-10-12(16-17-19)13(20)15-14/h2-6,10H,7-9,14H2,1H3,(H,15,20). The molecule has 0 radical (unpaired) electrons. The van der Waals surface area contributed by atoms with E-state index in [9.17, 15) is 4.79 Å². The Kier molecular flexibility index (Phi) is 4.80. The highest BCUT2D eigenvalue weighted by Gasteiger charge is 2.09. The number of nitrogens with one attached hydrogen (secondary N) is 1. The minimum Gasteiger partial charge on any atom is -0.300 e. The SMILES string of the molecule is CN(CCn1cc(C(=O)NN)nn1)Cc1ccccc1. The van der Waals surface area contributed by atoms with Crippen molar-refractivity contribution in [1.29, 1.82) is 0 Å². The molecule has 2 rings (SSSR count). The molecule has 1 amide bonds. The largest absolute Gasteiger partial charge is 0.300 e. The Morgan fingerprint density at radius 1 is 1.40 bits per heavy atom. The fraction of sp³-hybridized carbons (Fsp3) is 0.308. The third kappa shape index (κ3) is 3.87. The van der Waals surface area contributed by atoms with Crippen LogP contribution in [-0.4, -0.2) is 39.4 Å². The second-order valence-corrected chi connectivity index (χ2v) is 4.56. The molecule has 0 aliphatic rings. The number of aromatic nitrogens is 3. The Balaban J connectivity index is 1.83. The number of hydrogen-bond donors (Lipinski definition) is 2. The summed E-state index contributed by atoms with van der Waals surface area (Å²) in [5, 5.41) is 7.64. The fourth-order valence-corrected chi connectivity index (χ4v) is 1.83. The molecule has 20 heavy (non-hydrogen) atoms. The summed E-state index contributed by atoms with van der Waals surface area (Å²) in [6.45, 7) is 2.34. The summed E-state index contributed by atoms with van der Waals surface area (Å²) in [5.74, 6) is 4.60. The quantitative estimate of drug-likeness (QED) is 0.440. The first-order valence-electron chi connectivity index (χ1n) is 6.32. The second-order valence-electron chi connectivity index (χ2n) is 4.56. The zero-order valence-corrected chi connectivity index (χ0v) is 11.4. The highest BCUT2D eigenvalue weighted by Crippen LogP contribution is 2.02. The van der Waals surface area contributed by atoms with E-state index in [-0.39, 0.29) is 5.69 Å². The van der Waals surface area contributed by atoms with Crippen LogP contribution in [0.15, 0.2) is 36.5 Å². The summed E-state index contributed by atoms with van der Waals surface area (Å²) in [7, 11) is 2.04. The molecule has 0 unspecified atom stereocenters. The van der Waals surface area contributed by atoms with E-state index in [1.54, 1.807) is 10.9 Å². The van der Waals surface area contributed by atoms with Gasteiger partial charge in [-0.05, 0) is 12.6 Å². The van der Waals surface area contributed by atoms with Crippen LogP contribution in [0.5, 0.6) is 0 Å². The van der Waals surface area contributed by atoms with Gasteiger partial charge in [-0.2, -0.15) is 0 Å². The van der Waals surface area contributed by atoms with Crippen LogP contribution in [0.1, 0.15) is 16.1 Å². The van der Waals surface area contributed by atoms with Crippen LogP contribution in [0, 0.1) is 0 Å². The second kappa shape index (κ2) is 6.78. The number of benzene rings is 1. The zero-order chi connectivity index (χ0) is 14.4. The van der Waals surface area contributed by atoms with Crippen LogP contribution >= 0.6 is 0 Å². The lowest BCUT2D eigenvalue weighted by atomic mass is 10.2. The van der Waals surface area contributed by atoms with Gasteiger partial charge in [0.25, 0.3) is 5.91 Å². The van der Waals surface area contributed by atoms with Gasteiger partial charge in [-0.25, -0.2) is 5.84 Å².